The van der Waals surface area contributed by atoms with E-state index in [9.17, 15) is 14.4 Å². The van der Waals surface area contributed by atoms with E-state index in [2.05, 4.69) is 25.6 Å². The Morgan fingerprint density at radius 1 is 0.750 bits per heavy atom. The van der Waals surface area contributed by atoms with Crippen molar-refractivity contribution in [2.75, 3.05) is 19.8 Å². The molecule has 44 heavy (non-hydrogen) atoms. The maximum absolute atomic E-state index is 12.6. The van der Waals surface area contributed by atoms with Gasteiger partial charge in [0.25, 0.3) is 0 Å². The second-order valence-corrected chi connectivity index (χ2v) is 11.8. The molecular formula is C37H50O7. The molecule has 2 aromatic rings. The lowest BCUT2D eigenvalue weighted by atomic mass is 9.77. The van der Waals surface area contributed by atoms with E-state index in [4.69, 9.17) is 18.9 Å². The smallest absolute Gasteiger partial charge is 0.343 e. The van der Waals surface area contributed by atoms with Gasteiger partial charge in [-0.05, 0) is 125 Å². The van der Waals surface area contributed by atoms with Gasteiger partial charge in [0.1, 0.15) is 11.5 Å². The van der Waals surface area contributed by atoms with E-state index in [1.54, 1.807) is 31.2 Å². The summed E-state index contributed by atoms with van der Waals surface area (Å²) in [4.78, 5) is 35.7. The molecule has 1 aliphatic rings. The number of esters is 3. The minimum Gasteiger partial charge on any atom is -0.494 e. The number of benzene rings is 2. The van der Waals surface area contributed by atoms with Crippen LogP contribution >= 0.6 is 0 Å². The average molecular weight is 607 g/mol. The highest BCUT2D eigenvalue weighted by Crippen LogP contribution is 2.37. The number of carbonyl (C=O) groups is 3. The first-order valence-corrected chi connectivity index (χ1v) is 16.4. The number of carbonyl (C=O) groups excluding carboxylic acids is 3. The van der Waals surface area contributed by atoms with Crippen LogP contribution < -0.4 is 9.47 Å². The molecule has 0 aliphatic heterocycles. The maximum Gasteiger partial charge on any atom is 0.343 e. The van der Waals surface area contributed by atoms with E-state index in [0.29, 0.717) is 61.0 Å². The Morgan fingerprint density at radius 2 is 1.36 bits per heavy atom. The second-order valence-electron chi connectivity index (χ2n) is 11.8. The largest absolute Gasteiger partial charge is 0.494 e. The Hall–Kier alpha value is -3.61. The number of unbranched alkanes of at least 4 members (excludes halogenated alkanes) is 4. The third-order valence-electron chi connectivity index (χ3n) is 8.12. The summed E-state index contributed by atoms with van der Waals surface area (Å²) >= 11 is 0. The fraction of sp³-hybridized carbons (Fsp3) is 0.541. The predicted molar refractivity (Wildman–Crippen MR) is 172 cm³/mol. The van der Waals surface area contributed by atoms with Crippen molar-refractivity contribution in [1.82, 2.24) is 0 Å². The van der Waals surface area contributed by atoms with Crippen LogP contribution in [-0.2, 0) is 19.1 Å². The van der Waals surface area contributed by atoms with Crippen LogP contribution in [0.4, 0.5) is 0 Å². The molecule has 0 spiro atoms. The molecule has 1 saturated carbocycles. The Morgan fingerprint density at radius 3 is 2.02 bits per heavy atom. The third-order valence-corrected chi connectivity index (χ3v) is 8.12. The molecule has 0 N–H and O–H groups in total. The number of rotatable bonds is 19. The summed E-state index contributed by atoms with van der Waals surface area (Å²) in [5.41, 5.74) is 2.19. The zero-order valence-electron chi connectivity index (χ0n) is 26.7. The van der Waals surface area contributed by atoms with E-state index in [0.717, 1.165) is 31.6 Å². The zero-order chi connectivity index (χ0) is 31.6. The van der Waals surface area contributed by atoms with Gasteiger partial charge in [-0.1, -0.05) is 38.5 Å². The summed E-state index contributed by atoms with van der Waals surface area (Å²) in [5, 5.41) is 0. The van der Waals surface area contributed by atoms with Crippen molar-refractivity contribution in [2.24, 2.45) is 5.92 Å². The van der Waals surface area contributed by atoms with Crippen molar-refractivity contribution in [1.29, 1.82) is 0 Å². The Labute approximate surface area is 263 Å². The maximum atomic E-state index is 12.6. The molecule has 7 nitrogen and oxygen atoms in total. The van der Waals surface area contributed by atoms with Crippen LogP contribution in [0.2, 0.25) is 0 Å². The molecule has 1 aliphatic carbocycles. The van der Waals surface area contributed by atoms with E-state index in [1.807, 2.05) is 12.1 Å². The van der Waals surface area contributed by atoms with Gasteiger partial charge in [-0.15, -0.1) is 0 Å². The number of hydrogen-bond acceptors (Lipinski definition) is 7. The van der Waals surface area contributed by atoms with E-state index >= 15 is 0 Å². The molecule has 1 fully saturated rings. The first-order valence-electron chi connectivity index (χ1n) is 16.4. The van der Waals surface area contributed by atoms with Gasteiger partial charge in [-0.2, -0.15) is 0 Å². The fourth-order valence-corrected chi connectivity index (χ4v) is 5.52. The number of hydrogen-bond donors (Lipinski definition) is 0. The van der Waals surface area contributed by atoms with Gasteiger partial charge in [0.05, 0.1) is 25.4 Å². The normalized spacial score (nSPS) is 16.1. The Balaban J connectivity index is 1.22. The standard InChI is InChI=1S/C37H50O7/c1-4-11-29-13-15-30(16-14-29)31-17-23-34(24-18-31)44-37(40)32-19-21-33(22-20-32)41-25-8-5-6-9-26-42-35(38)12-7-10-27-43-36(39)28(2)3/h17-24,29-30H,2,4-16,25-27H2,1,3H3. The van der Waals surface area contributed by atoms with Gasteiger partial charge in [0.2, 0.25) is 0 Å². The minimum atomic E-state index is -0.403. The van der Waals surface area contributed by atoms with Crippen molar-refractivity contribution in [3.8, 4) is 11.5 Å². The van der Waals surface area contributed by atoms with Crippen LogP contribution in [0, 0.1) is 5.92 Å². The van der Waals surface area contributed by atoms with Gasteiger partial charge in [0.15, 0.2) is 0 Å². The Bertz CT molecular complexity index is 1160. The van der Waals surface area contributed by atoms with Gasteiger partial charge in [0, 0.05) is 12.0 Å². The van der Waals surface area contributed by atoms with Crippen molar-refractivity contribution in [3.63, 3.8) is 0 Å². The average Bonchev–Trinajstić information content (AvgIpc) is 3.03. The third kappa shape index (κ3) is 12.9. The van der Waals surface area contributed by atoms with Crippen LogP contribution in [0.25, 0.3) is 0 Å². The Kier molecular flexibility index (Phi) is 15.6. The lowest BCUT2D eigenvalue weighted by Crippen LogP contribution is -2.13. The molecule has 240 valence electrons. The van der Waals surface area contributed by atoms with E-state index in [-0.39, 0.29) is 18.5 Å². The monoisotopic (exact) mass is 606 g/mol. The molecule has 0 heterocycles. The van der Waals surface area contributed by atoms with Crippen LogP contribution in [-0.4, -0.2) is 37.7 Å². The summed E-state index contributed by atoms with van der Waals surface area (Å²) in [5.74, 6) is 1.77. The van der Waals surface area contributed by atoms with Crippen molar-refractivity contribution in [3.05, 3.63) is 71.8 Å². The molecule has 0 amide bonds. The molecule has 0 radical (unpaired) electrons. The molecule has 0 unspecified atom stereocenters. The van der Waals surface area contributed by atoms with Gasteiger partial charge < -0.3 is 18.9 Å². The molecule has 7 heteroatoms. The highest BCUT2D eigenvalue weighted by atomic mass is 16.5. The SMILES string of the molecule is C=C(C)C(=O)OCCCCC(=O)OCCCCCCOc1ccc(C(=O)Oc2ccc(C3CCC(CCC)CC3)cc2)cc1. The van der Waals surface area contributed by atoms with Crippen molar-refractivity contribution < 1.29 is 33.3 Å². The lowest BCUT2D eigenvalue weighted by Gasteiger charge is -2.28. The molecule has 3 rings (SSSR count). The second kappa shape index (κ2) is 19.6. The summed E-state index contributed by atoms with van der Waals surface area (Å²) in [6.07, 6.45) is 12.9. The topological polar surface area (TPSA) is 88.1 Å². The molecule has 2 aromatic carbocycles. The molecule has 0 saturated heterocycles. The highest BCUT2D eigenvalue weighted by Gasteiger charge is 2.22. The molecular weight excluding hydrogens is 556 g/mol. The first-order chi connectivity index (χ1) is 21.4. The molecule has 0 aromatic heterocycles. The quantitative estimate of drug-likeness (QED) is 0.0684. The summed E-state index contributed by atoms with van der Waals surface area (Å²) in [6, 6.07) is 15.1. The van der Waals surface area contributed by atoms with Crippen LogP contribution in [0.1, 0.15) is 119 Å². The summed E-state index contributed by atoms with van der Waals surface area (Å²) in [7, 11) is 0. The van der Waals surface area contributed by atoms with Crippen LogP contribution in [0.15, 0.2) is 60.7 Å². The summed E-state index contributed by atoms with van der Waals surface area (Å²) in [6.45, 7) is 8.67. The van der Waals surface area contributed by atoms with E-state index < -0.39 is 5.97 Å². The summed E-state index contributed by atoms with van der Waals surface area (Å²) < 4.78 is 21.7. The number of ether oxygens (including phenoxy) is 4. The fourth-order valence-electron chi connectivity index (χ4n) is 5.52. The zero-order valence-corrected chi connectivity index (χ0v) is 26.7. The lowest BCUT2D eigenvalue weighted by molar-refractivity contribution is -0.143. The van der Waals surface area contributed by atoms with Crippen LogP contribution in [0.3, 0.4) is 0 Å². The highest BCUT2D eigenvalue weighted by molar-refractivity contribution is 5.91. The van der Waals surface area contributed by atoms with E-state index in [1.165, 1.54) is 44.1 Å². The van der Waals surface area contributed by atoms with Gasteiger partial charge in [-0.3, -0.25) is 4.79 Å². The van der Waals surface area contributed by atoms with Gasteiger partial charge >= 0.3 is 17.9 Å². The van der Waals surface area contributed by atoms with Crippen molar-refractivity contribution in [2.45, 2.75) is 103 Å². The van der Waals surface area contributed by atoms with Gasteiger partial charge in [-0.25, -0.2) is 9.59 Å². The predicted octanol–water partition coefficient (Wildman–Crippen LogP) is 8.75. The van der Waals surface area contributed by atoms with Crippen molar-refractivity contribution >= 4 is 17.9 Å². The van der Waals surface area contributed by atoms with Crippen LogP contribution in [0.5, 0.6) is 11.5 Å². The first kappa shape index (κ1) is 34.9. The molecule has 0 atom stereocenters. The minimum absolute atomic E-state index is 0.222. The molecule has 0 bridgehead atoms.